The number of amides is 2. The third kappa shape index (κ3) is 3.78. The Labute approximate surface area is 116 Å². The number of aryl methyl sites for hydroxylation is 1. The first-order valence-electron chi connectivity index (χ1n) is 6.37. The lowest BCUT2D eigenvalue weighted by atomic mass is 9.98. The van der Waals surface area contributed by atoms with Crippen LogP contribution in [0.15, 0.2) is 12.1 Å². The summed E-state index contributed by atoms with van der Waals surface area (Å²) < 4.78 is 0. The van der Waals surface area contributed by atoms with Crippen molar-refractivity contribution in [3.63, 3.8) is 0 Å². The molecule has 0 radical (unpaired) electrons. The van der Waals surface area contributed by atoms with Crippen molar-refractivity contribution >= 4 is 23.2 Å². The van der Waals surface area contributed by atoms with E-state index in [0.717, 1.165) is 17.7 Å². The number of nitrogens with one attached hydrogen (secondary N) is 2. The molecule has 0 aromatic carbocycles. The number of carbonyl (C=O) groups excluding carboxylic acids is 2. The van der Waals surface area contributed by atoms with Crippen LogP contribution in [-0.2, 0) is 4.79 Å². The van der Waals surface area contributed by atoms with Gasteiger partial charge in [0.05, 0.1) is 16.9 Å². The minimum atomic E-state index is -0.895. The SMILES string of the molecule is Cc1ccc(C(=O)NNC(=O)CC2(O)CCCC2)s1. The monoisotopic (exact) mass is 282 g/mol. The molecule has 0 unspecified atom stereocenters. The maximum Gasteiger partial charge on any atom is 0.279 e. The van der Waals surface area contributed by atoms with Crippen molar-refractivity contribution in [3.8, 4) is 0 Å². The zero-order valence-electron chi connectivity index (χ0n) is 10.9. The number of carbonyl (C=O) groups is 2. The second-order valence-electron chi connectivity index (χ2n) is 5.02. The molecule has 1 saturated carbocycles. The largest absolute Gasteiger partial charge is 0.389 e. The Morgan fingerprint density at radius 3 is 2.58 bits per heavy atom. The lowest BCUT2D eigenvalue weighted by molar-refractivity contribution is -0.126. The molecule has 1 aromatic heterocycles. The molecule has 19 heavy (non-hydrogen) atoms. The summed E-state index contributed by atoms with van der Waals surface area (Å²) >= 11 is 1.37. The molecule has 1 heterocycles. The Kier molecular flexibility index (Phi) is 4.21. The average Bonchev–Trinajstić information content (AvgIpc) is 2.95. The molecular formula is C13H18N2O3S. The summed E-state index contributed by atoms with van der Waals surface area (Å²) in [5, 5.41) is 10.1. The van der Waals surface area contributed by atoms with Crippen LogP contribution in [0, 0.1) is 6.92 Å². The van der Waals surface area contributed by atoms with Crippen LogP contribution in [0.1, 0.15) is 46.7 Å². The maximum absolute atomic E-state index is 11.7. The van der Waals surface area contributed by atoms with Crippen molar-refractivity contribution in [2.45, 2.75) is 44.6 Å². The molecule has 104 valence electrons. The van der Waals surface area contributed by atoms with Crippen LogP contribution in [0.3, 0.4) is 0 Å². The summed E-state index contributed by atoms with van der Waals surface area (Å²) in [6, 6.07) is 3.56. The van der Waals surface area contributed by atoms with E-state index in [1.165, 1.54) is 11.3 Å². The van der Waals surface area contributed by atoms with Gasteiger partial charge in [-0.3, -0.25) is 20.4 Å². The van der Waals surface area contributed by atoms with E-state index in [4.69, 9.17) is 0 Å². The van der Waals surface area contributed by atoms with Gasteiger partial charge in [-0.15, -0.1) is 11.3 Å². The molecule has 0 aliphatic heterocycles. The lowest BCUT2D eigenvalue weighted by Gasteiger charge is -2.21. The van der Waals surface area contributed by atoms with Gasteiger partial charge in [0, 0.05) is 4.88 Å². The minimum absolute atomic E-state index is 0.0384. The normalized spacial score (nSPS) is 17.2. The van der Waals surface area contributed by atoms with E-state index in [9.17, 15) is 14.7 Å². The van der Waals surface area contributed by atoms with Gasteiger partial charge in [0.2, 0.25) is 5.91 Å². The molecule has 0 spiro atoms. The summed E-state index contributed by atoms with van der Waals surface area (Å²) in [6.45, 7) is 1.91. The Morgan fingerprint density at radius 2 is 2.00 bits per heavy atom. The molecule has 5 nitrogen and oxygen atoms in total. The molecule has 3 N–H and O–H groups in total. The fourth-order valence-electron chi connectivity index (χ4n) is 2.30. The third-order valence-electron chi connectivity index (χ3n) is 3.30. The Balaban J connectivity index is 1.79. The molecule has 0 bridgehead atoms. The van der Waals surface area contributed by atoms with E-state index < -0.39 is 5.60 Å². The highest BCUT2D eigenvalue weighted by Crippen LogP contribution is 2.32. The van der Waals surface area contributed by atoms with E-state index in [2.05, 4.69) is 10.9 Å². The summed E-state index contributed by atoms with van der Waals surface area (Å²) in [7, 11) is 0. The fourth-order valence-corrected chi connectivity index (χ4v) is 3.06. The highest BCUT2D eigenvalue weighted by molar-refractivity contribution is 7.13. The van der Waals surface area contributed by atoms with Crippen LogP contribution in [0.2, 0.25) is 0 Å². The van der Waals surface area contributed by atoms with Crippen molar-refractivity contribution in [3.05, 3.63) is 21.9 Å². The van der Waals surface area contributed by atoms with E-state index in [0.29, 0.717) is 17.7 Å². The van der Waals surface area contributed by atoms with Crippen LogP contribution >= 0.6 is 11.3 Å². The van der Waals surface area contributed by atoms with Crippen LogP contribution in [-0.4, -0.2) is 22.5 Å². The Morgan fingerprint density at radius 1 is 1.32 bits per heavy atom. The zero-order valence-corrected chi connectivity index (χ0v) is 11.7. The van der Waals surface area contributed by atoms with Gasteiger partial charge in [-0.1, -0.05) is 12.8 Å². The number of hydrogen-bond acceptors (Lipinski definition) is 4. The van der Waals surface area contributed by atoms with E-state index >= 15 is 0 Å². The third-order valence-corrected chi connectivity index (χ3v) is 4.30. The van der Waals surface area contributed by atoms with Crippen molar-refractivity contribution in [2.75, 3.05) is 0 Å². The molecule has 1 aliphatic carbocycles. The lowest BCUT2D eigenvalue weighted by Crippen LogP contribution is -2.44. The van der Waals surface area contributed by atoms with E-state index in [1.807, 2.05) is 13.0 Å². The molecule has 1 fully saturated rings. The van der Waals surface area contributed by atoms with Crippen molar-refractivity contribution in [1.82, 2.24) is 10.9 Å². The molecular weight excluding hydrogens is 264 g/mol. The van der Waals surface area contributed by atoms with Crippen LogP contribution < -0.4 is 10.9 Å². The predicted octanol–water partition coefficient (Wildman–Crippen LogP) is 1.51. The number of rotatable bonds is 3. The summed E-state index contributed by atoms with van der Waals surface area (Å²) in [5.41, 5.74) is 3.82. The van der Waals surface area contributed by atoms with Gasteiger partial charge in [-0.2, -0.15) is 0 Å². The van der Waals surface area contributed by atoms with E-state index in [-0.39, 0.29) is 18.2 Å². The van der Waals surface area contributed by atoms with Gasteiger partial charge in [-0.25, -0.2) is 0 Å². The number of thiophene rings is 1. The van der Waals surface area contributed by atoms with Crippen LogP contribution in [0.4, 0.5) is 0 Å². The second-order valence-corrected chi connectivity index (χ2v) is 6.31. The second kappa shape index (κ2) is 5.71. The quantitative estimate of drug-likeness (QED) is 0.735. The van der Waals surface area contributed by atoms with Crippen molar-refractivity contribution in [1.29, 1.82) is 0 Å². The maximum atomic E-state index is 11.7. The van der Waals surface area contributed by atoms with Gasteiger partial charge in [-0.05, 0) is 31.9 Å². The van der Waals surface area contributed by atoms with Crippen LogP contribution in [0.25, 0.3) is 0 Å². The number of hydrogen-bond donors (Lipinski definition) is 3. The van der Waals surface area contributed by atoms with Crippen molar-refractivity contribution < 1.29 is 14.7 Å². The standard InChI is InChI=1S/C13H18N2O3S/c1-9-4-5-10(19-9)12(17)15-14-11(16)8-13(18)6-2-3-7-13/h4-5,18H,2-3,6-8H2,1H3,(H,14,16)(H,15,17). The summed E-state index contributed by atoms with van der Waals surface area (Å²) in [4.78, 5) is 25.0. The van der Waals surface area contributed by atoms with Gasteiger partial charge in [0.25, 0.3) is 5.91 Å². The molecule has 1 aliphatic rings. The predicted molar refractivity (Wildman–Crippen MR) is 72.7 cm³/mol. The Bertz CT molecular complexity index is 478. The molecule has 2 amide bonds. The number of hydrazine groups is 1. The van der Waals surface area contributed by atoms with Crippen LogP contribution in [0.5, 0.6) is 0 Å². The Hall–Kier alpha value is -1.40. The van der Waals surface area contributed by atoms with Gasteiger partial charge < -0.3 is 5.11 Å². The number of aliphatic hydroxyl groups is 1. The molecule has 0 saturated heterocycles. The minimum Gasteiger partial charge on any atom is -0.389 e. The average molecular weight is 282 g/mol. The first-order chi connectivity index (χ1) is 8.98. The van der Waals surface area contributed by atoms with Gasteiger partial charge in [0.15, 0.2) is 0 Å². The fraction of sp³-hybridized carbons (Fsp3) is 0.538. The molecule has 6 heteroatoms. The summed E-state index contributed by atoms with van der Waals surface area (Å²) in [5.74, 6) is -0.684. The highest BCUT2D eigenvalue weighted by Gasteiger charge is 2.33. The zero-order chi connectivity index (χ0) is 13.9. The van der Waals surface area contributed by atoms with Gasteiger partial charge >= 0.3 is 0 Å². The van der Waals surface area contributed by atoms with Gasteiger partial charge in [0.1, 0.15) is 0 Å². The highest BCUT2D eigenvalue weighted by atomic mass is 32.1. The molecule has 2 rings (SSSR count). The van der Waals surface area contributed by atoms with E-state index in [1.54, 1.807) is 6.07 Å². The smallest absolute Gasteiger partial charge is 0.279 e. The molecule has 1 aromatic rings. The molecule has 0 atom stereocenters. The van der Waals surface area contributed by atoms with Crippen molar-refractivity contribution in [2.24, 2.45) is 0 Å². The summed E-state index contributed by atoms with van der Waals surface area (Å²) in [6.07, 6.45) is 3.24. The first-order valence-corrected chi connectivity index (χ1v) is 7.18. The topological polar surface area (TPSA) is 78.4 Å². The first kappa shape index (κ1) is 14.0.